The second kappa shape index (κ2) is 13.8. The van der Waals surface area contributed by atoms with Crippen molar-refractivity contribution >= 4 is 11.9 Å². The summed E-state index contributed by atoms with van der Waals surface area (Å²) in [5, 5.41) is 0. The van der Waals surface area contributed by atoms with E-state index in [-0.39, 0.29) is 37.6 Å². The maximum Gasteiger partial charge on any atom is 0.339 e. The molecule has 1 aromatic carbocycles. The smallest absolute Gasteiger partial charge is 0.339 e. The predicted octanol–water partition coefficient (Wildman–Crippen LogP) is 0.399. The van der Waals surface area contributed by atoms with Gasteiger partial charge in [0, 0.05) is 0 Å². The molecule has 4 unspecified atom stereocenters. The van der Waals surface area contributed by atoms with E-state index in [4.69, 9.17) is 47.4 Å². The van der Waals surface area contributed by atoms with Crippen molar-refractivity contribution in [3.05, 3.63) is 35.4 Å². The molecule has 12 nitrogen and oxygen atoms in total. The summed E-state index contributed by atoms with van der Waals surface area (Å²) in [7, 11) is 0. The van der Waals surface area contributed by atoms with Gasteiger partial charge in [0.2, 0.25) is 0 Å². The zero-order chi connectivity index (χ0) is 26.2. The molecule has 0 aromatic heterocycles. The van der Waals surface area contributed by atoms with Gasteiger partial charge in [-0.05, 0) is 12.1 Å². The van der Waals surface area contributed by atoms with Crippen molar-refractivity contribution in [3.8, 4) is 0 Å². The molecular formula is C26H34O12. The Hall–Kier alpha value is -2.16. The molecule has 0 spiro atoms. The number of carbonyl (C=O) groups excluding carboxylic acids is 2. The molecule has 0 radical (unpaired) electrons. The third kappa shape index (κ3) is 6.88. The van der Waals surface area contributed by atoms with Gasteiger partial charge in [0.15, 0.2) is 12.2 Å². The lowest BCUT2D eigenvalue weighted by molar-refractivity contribution is -0.194. The first-order valence-electron chi connectivity index (χ1n) is 13.0. The van der Waals surface area contributed by atoms with Gasteiger partial charge in [-0.25, -0.2) is 9.59 Å². The van der Waals surface area contributed by atoms with Crippen molar-refractivity contribution in [2.24, 2.45) is 0 Å². The highest BCUT2D eigenvalue weighted by molar-refractivity contribution is 6.03. The molecule has 0 N–H and O–H groups in total. The van der Waals surface area contributed by atoms with Crippen LogP contribution in [0.1, 0.15) is 20.7 Å². The van der Waals surface area contributed by atoms with Crippen LogP contribution in [0.15, 0.2) is 24.3 Å². The van der Waals surface area contributed by atoms with Crippen LogP contribution >= 0.6 is 0 Å². The van der Waals surface area contributed by atoms with Gasteiger partial charge in [-0.2, -0.15) is 0 Å². The van der Waals surface area contributed by atoms with Crippen molar-refractivity contribution < 1.29 is 57.0 Å². The number of ether oxygens (including phenoxy) is 10. The van der Waals surface area contributed by atoms with Crippen LogP contribution in [0.2, 0.25) is 0 Å². The Bertz CT molecular complexity index is 792. The monoisotopic (exact) mass is 538 g/mol. The standard InChI is InChI=1S/C26H34O12/c27-25(37-23(19-13-29-5-9-33-19)20-14-30-6-10-34-20)17-3-1-2-4-18(17)26(28)38-24(21-15-31-7-11-35-21)22-16-32-8-12-36-22/h1-4,19-24H,5-16H2. The summed E-state index contributed by atoms with van der Waals surface area (Å²) >= 11 is 0. The number of hydrogen-bond donors (Lipinski definition) is 0. The predicted molar refractivity (Wildman–Crippen MR) is 127 cm³/mol. The Kier molecular flexibility index (Phi) is 9.93. The van der Waals surface area contributed by atoms with Crippen molar-refractivity contribution in [1.82, 2.24) is 0 Å². The topological polar surface area (TPSA) is 126 Å². The van der Waals surface area contributed by atoms with Gasteiger partial charge in [0.1, 0.15) is 24.4 Å². The van der Waals surface area contributed by atoms with Crippen LogP contribution in [0, 0.1) is 0 Å². The van der Waals surface area contributed by atoms with E-state index in [1.54, 1.807) is 12.1 Å². The minimum absolute atomic E-state index is 0.0522. The van der Waals surface area contributed by atoms with E-state index in [0.29, 0.717) is 52.9 Å². The van der Waals surface area contributed by atoms with Gasteiger partial charge in [0.25, 0.3) is 0 Å². The van der Waals surface area contributed by atoms with Crippen molar-refractivity contribution in [2.75, 3.05) is 79.3 Å². The molecular weight excluding hydrogens is 504 g/mol. The number of benzene rings is 1. The van der Waals surface area contributed by atoms with Gasteiger partial charge >= 0.3 is 11.9 Å². The summed E-state index contributed by atoms with van der Waals surface area (Å²) in [6, 6.07) is 6.33. The van der Waals surface area contributed by atoms with Crippen molar-refractivity contribution in [2.45, 2.75) is 36.6 Å². The first-order valence-corrected chi connectivity index (χ1v) is 13.0. The van der Waals surface area contributed by atoms with Gasteiger partial charge in [0.05, 0.1) is 90.4 Å². The lowest BCUT2D eigenvalue weighted by Crippen LogP contribution is -2.52. The number of hydrogen-bond acceptors (Lipinski definition) is 12. The molecule has 4 aliphatic heterocycles. The molecule has 5 rings (SSSR count). The van der Waals surface area contributed by atoms with E-state index in [0.717, 1.165) is 0 Å². The molecule has 0 aliphatic carbocycles. The Morgan fingerprint density at radius 1 is 0.553 bits per heavy atom. The largest absolute Gasteiger partial charge is 0.453 e. The fraction of sp³-hybridized carbons (Fsp3) is 0.692. The van der Waals surface area contributed by atoms with Gasteiger partial charge in [-0.15, -0.1) is 0 Å². The van der Waals surface area contributed by atoms with E-state index < -0.39 is 48.6 Å². The molecule has 4 atom stereocenters. The summed E-state index contributed by atoms with van der Waals surface area (Å²) in [4.78, 5) is 26.9. The molecule has 4 saturated heterocycles. The van der Waals surface area contributed by atoms with Gasteiger partial charge in [-0.1, -0.05) is 12.1 Å². The molecule has 1 aromatic rings. The van der Waals surface area contributed by atoms with Crippen LogP contribution in [0.25, 0.3) is 0 Å². The van der Waals surface area contributed by atoms with Crippen LogP contribution in [0.4, 0.5) is 0 Å². The van der Waals surface area contributed by atoms with Crippen LogP contribution in [-0.4, -0.2) is 128 Å². The van der Waals surface area contributed by atoms with Crippen molar-refractivity contribution in [1.29, 1.82) is 0 Å². The molecule has 12 heteroatoms. The summed E-state index contributed by atoms with van der Waals surface area (Å²) in [5.41, 5.74) is 0.104. The molecule has 0 bridgehead atoms. The summed E-state index contributed by atoms with van der Waals surface area (Å²) in [6.45, 7) is 4.31. The average molecular weight is 539 g/mol. The van der Waals surface area contributed by atoms with Crippen LogP contribution < -0.4 is 0 Å². The lowest BCUT2D eigenvalue weighted by Gasteiger charge is -2.36. The second-order valence-electron chi connectivity index (χ2n) is 9.22. The van der Waals surface area contributed by atoms with Crippen molar-refractivity contribution in [3.63, 3.8) is 0 Å². The van der Waals surface area contributed by atoms with Crippen LogP contribution in [-0.2, 0) is 47.4 Å². The van der Waals surface area contributed by atoms with Gasteiger partial charge in [-0.3, -0.25) is 0 Å². The quantitative estimate of drug-likeness (QED) is 0.425. The highest BCUT2D eigenvalue weighted by Crippen LogP contribution is 2.24. The first-order chi connectivity index (χ1) is 18.7. The zero-order valence-electron chi connectivity index (χ0n) is 21.2. The molecule has 4 fully saturated rings. The first kappa shape index (κ1) is 27.4. The summed E-state index contributed by atoms with van der Waals surface area (Å²) in [6.07, 6.45) is -3.71. The Balaban J connectivity index is 1.32. The number of esters is 2. The Morgan fingerprint density at radius 3 is 1.13 bits per heavy atom. The van der Waals surface area contributed by atoms with E-state index in [1.165, 1.54) is 12.1 Å². The van der Waals surface area contributed by atoms with E-state index >= 15 is 0 Å². The maximum absolute atomic E-state index is 13.4. The zero-order valence-corrected chi connectivity index (χ0v) is 21.2. The SMILES string of the molecule is O=C(OC(C1COCCO1)C1COCCO1)c1ccccc1C(=O)OC(C1COCCO1)C1COCCO1. The second-order valence-corrected chi connectivity index (χ2v) is 9.22. The van der Waals surface area contributed by atoms with Crippen LogP contribution in [0.5, 0.6) is 0 Å². The fourth-order valence-electron chi connectivity index (χ4n) is 4.78. The summed E-state index contributed by atoms with van der Waals surface area (Å²) < 4.78 is 57.2. The highest BCUT2D eigenvalue weighted by atomic mass is 16.6. The third-order valence-electron chi connectivity index (χ3n) is 6.69. The van der Waals surface area contributed by atoms with E-state index in [1.807, 2.05) is 0 Å². The fourth-order valence-corrected chi connectivity index (χ4v) is 4.78. The molecule has 0 saturated carbocycles. The number of rotatable bonds is 8. The molecule has 38 heavy (non-hydrogen) atoms. The van der Waals surface area contributed by atoms with E-state index in [9.17, 15) is 9.59 Å². The molecule has 0 amide bonds. The summed E-state index contributed by atoms with van der Waals surface area (Å²) in [5.74, 6) is -1.42. The molecule has 210 valence electrons. The lowest BCUT2D eigenvalue weighted by atomic mass is 10.0. The average Bonchev–Trinajstić information content (AvgIpc) is 3.00. The molecule has 4 heterocycles. The minimum Gasteiger partial charge on any atom is -0.453 e. The highest BCUT2D eigenvalue weighted by Gasteiger charge is 2.40. The minimum atomic E-state index is -0.791. The van der Waals surface area contributed by atoms with Gasteiger partial charge < -0.3 is 47.4 Å². The molecule has 4 aliphatic rings. The van der Waals surface area contributed by atoms with Crippen LogP contribution in [0.3, 0.4) is 0 Å². The van der Waals surface area contributed by atoms with E-state index in [2.05, 4.69) is 0 Å². The number of carbonyl (C=O) groups is 2. The maximum atomic E-state index is 13.4. The normalized spacial score (nSPS) is 30.1. The third-order valence-corrected chi connectivity index (χ3v) is 6.69. The Labute approximate surface area is 220 Å². The Morgan fingerprint density at radius 2 is 0.868 bits per heavy atom.